The molecule has 0 aliphatic carbocycles. The lowest BCUT2D eigenvalue weighted by atomic mass is 10.1. The quantitative estimate of drug-likeness (QED) is 0.396. The largest absolute Gasteiger partial charge is 0.283 e. The summed E-state index contributed by atoms with van der Waals surface area (Å²) in [7, 11) is 0. The van der Waals surface area contributed by atoms with Gasteiger partial charge in [0.15, 0.2) is 0 Å². The third kappa shape index (κ3) is 7.35. The van der Waals surface area contributed by atoms with Gasteiger partial charge in [-0.3, -0.25) is 14.5 Å². The molecule has 1 heterocycles. The van der Waals surface area contributed by atoms with Gasteiger partial charge in [0.1, 0.15) is 0 Å². The van der Waals surface area contributed by atoms with Crippen LogP contribution >= 0.6 is 11.8 Å². The molecule has 1 saturated heterocycles. The Hall–Kier alpha value is -0.510. The van der Waals surface area contributed by atoms with Crippen LogP contribution in [-0.4, -0.2) is 34.3 Å². The zero-order valence-corrected chi connectivity index (χ0v) is 14.6. The highest BCUT2D eigenvalue weighted by Crippen LogP contribution is 2.23. The average molecular weight is 314 g/mol. The number of unbranched alkanes of at least 4 members (excludes halogenated alkanes) is 3. The molecule has 0 aromatic rings. The number of carbonyl (C=O) groups excluding carboxylic acids is 2. The molecule has 4 heteroatoms. The second-order valence-electron chi connectivity index (χ2n) is 5.92. The van der Waals surface area contributed by atoms with Crippen molar-refractivity contribution in [2.45, 2.75) is 83.3 Å². The predicted octanol–water partition coefficient (Wildman–Crippen LogP) is 4.40. The van der Waals surface area contributed by atoms with Gasteiger partial charge in [0.2, 0.25) is 11.8 Å². The highest BCUT2D eigenvalue weighted by molar-refractivity contribution is 7.99. The molecule has 3 nitrogen and oxygen atoms in total. The van der Waals surface area contributed by atoms with Crippen LogP contribution in [-0.2, 0) is 9.59 Å². The summed E-state index contributed by atoms with van der Waals surface area (Å²) in [6, 6.07) is 0. The maximum Gasteiger partial charge on any atom is 0.229 e. The standard InChI is InChI=1S/C17H31NO2S/c1-3-5-10-15(9-4-2)21-14-8-6-7-13-18-16(19)11-12-17(18)20/h15H,3-14H2,1-2H3. The van der Waals surface area contributed by atoms with E-state index in [-0.39, 0.29) is 11.8 Å². The highest BCUT2D eigenvalue weighted by Gasteiger charge is 2.27. The number of amides is 2. The van der Waals surface area contributed by atoms with E-state index >= 15 is 0 Å². The molecule has 21 heavy (non-hydrogen) atoms. The van der Waals surface area contributed by atoms with Crippen molar-refractivity contribution in [2.24, 2.45) is 0 Å². The molecular weight excluding hydrogens is 282 g/mol. The van der Waals surface area contributed by atoms with E-state index in [0.717, 1.165) is 18.1 Å². The normalized spacial score (nSPS) is 16.8. The molecule has 0 aromatic carbocycles. The fourth-order valence-corrected chi connectivity index (χ4v) is 4.18. The number of carbonyl (C=O) groups is 2. The lowest BCUT2D eigenvalue weighted by molar-refractivity contribution is -0.138. The van der Waals surface area contributed by atoms with Crippen LogP contribution in [0.25, 0.3) is 0 Å². The van der Waals surface area contributed by atoms with Gasteiger partial charge in [-0.05, 0) is 31.4 Å². The summed E-state index contributed by atoms with van der Waals surface area (Å²) in [5.41, 5.74) is 0. The van der Waals surface area contributed by atoms with Crippen LogP contribution in [0.5, 0.6) is 0 Å². The first-order valence-electron chi connectivity index (χ1n) is 8.63. The fraction of sp³-hybridized carbons (Fsp3) is 0.882. The molecule has 0 N–H and O–H groups in total. The zero-order chi connectivity index (χ0) is 15.5. The van der Waals surface area contributed by atoms with Gasteiger partial charge in [0, 0.05) is 24.6 Å². The van der Waals surface area contributed by atoms with Crippen molar-refractivity contribution in [3.8, 4) is 0 Å². The maximum absolute atomic E-state index is 11.5. The van der Waals surface area contributed by atoms with Crippen LogP contribution in [0.3, 0.4) is 0 Å². The van der Waals surface area contributed by atoms with Gasteiger partial charge in [0.25, 0.3) is 0 Å². The topological polar surface area (TPSA) is 37.4 Å². The Morgan fingerprint density at radius 2 is 1.67 bits per heavy atom. The molecule has 122 valence electrons. The van der Waals surface area contributed by atoms with Gasteiger partial charge in [-0.1, -0.05) is 39.5 Å². The first kappa shape index (κ1) is 18.5. The van der Waals surface area contributed by atoms with E-state index < -0.39 is 0 Å². The van der Waals surface area contributed by atoms with Crippen molar-refractivity contribution < 1.29 is 9.59 Å². The zero-order valence-electron chi connectivity index (χ0n) is 13.7. The molecule has 1 aliphatic heterocycles. The molecule has 1 rings (SSSR count). The molecule has 0 spiro atoms. The van der Waals surface area contributed by atoms with E-state index in [2.05, 4.69) is 25.6 Å². The summed E-state index contributed by atoms with van der Waals surface area (Å²) >= 11 is 2.12. The van der Waals surface area contributed by atoms with Gasteiger partial charge >= 0.3 is 0 Å². The van der Waals surface area contributed by atoms with Crippen molar-refractivity contribution in [2.75, 3.05) is 12.3 Å². The van der Waals surface area contributed by atoms with Gasteiger partial charge < -0.3 is 0 Å². The average Bonchev–Trinajstić information content (AvgIpc) is 2.79. The van der Waals surface area contributed by atoms with Crippen LogP contribution in [0, 0.1) is 0 Å². The summed E-state index contributed by atoms with van der Waals surface area (Å²) in [6.45, 7) is 5.16. The van der Waals surface area contributed by atoms with Gasteiger partial charge in [-0.25, -0.2) is 0 Å². The minimum absolute atomic E-state index is 0.0250. The van der Waals surface area contributed by atoms with Gasteiger partial charge in [-0.2, -0.15) is 11.8 Å². The molecular formula is C17H31NO2S. The second-order valence-corrected chi connectivity index (χ2v) is 7.33. The number of imide groups is 1. The summed E-state index contributed by atoms with van der Waals surface area (Å²) < 4.78 is 0. The lowest BCUT2D eigenvalue weighted by Crippen LogP contribution is -2.29. The number of hydrogen-bond acceptors (Lipinski definition) is 3. The van der Waals surface area contributed by atoms with E-state index in [4.69, 9.17) is 0 Å². The third-order valence-electron chi connectivity index (χ3n) is 4.02. The molecule has 1 unspecified atom stereocenters. The van der Waals surface area contributed by atoms with E-state index in [1.54, 1.807) is 0 Å². The van der Waals surface area contributed by atoms with Crippen LogP contribution in [0.4, 0.5) is 0 Å². The summed E-state index contributed by atoms with van der Waals surface area (Å²) in [5, 5.41) is 0.830. The molecule has 1 atom stereocenters. The second kappa shape index (κ2) is 11.1. The molecule has 2 amide bonds. The van der Waals surface area contributed by atoms with E-state index in [1.807, 2.05) is 0 Å². The third-order valence-corrected chi connectivity index (χ3v) is 5.49. The van der Waals surface area contributed by atoms with Crippen LogP contribution < -0.4 is 0 Å². The molecule has 1 fully saturated rings. The first-order valence-corrected chi connectivity index (χ1v) is 9.68. The van der Waals surface area contributed by atoms with Crippen molar-refractivity contribution in [1.29, 1.82) is 0 Å². The number of rotatable bonds is 12. The van der Waals surface area contributed by atoms with E-state index in [9.17, 15) is 9.59 Å². The molecule has 0 radical (unpaired) electrons. The minimum Gasteiger partial charge on any atom is -0.283 e. The SMILES string of the molecule is CCCCC(CCC)SCCCCCN1C(=O)CCC1=O. The Kier molecular flexibility index (Phi) is 9.81. The van der Waals surface area contributed by atoms with Crippen molar-refractivity contribution in [1.82, 2.24) is 4.90 Å². The predicted molar refractivity (Wildman–Crippen MR) is 90.5 cm³/mol. The van der Waals surface area contributed by atoms with E-state index in [0.29, 0.717) is 19.4 Å². The smallest absolute Gasteiger partial charge is 0.229 e. The molecule has 0 bridgehead atoms. The number of hydrogen-bond donors (Lipinski definition) is 0. The summed E-state index contributed by atoms with van der Waals surface area (Å²) in [6.07, 6.45) is 10.7. The van der Waals surface area contributed by atoms with Crippen LogP contribution in [0.15, 0.2) is 0 Å². The molecule has 0 saturated carbocycles. The van der Waals surface area contributed by atoms with Gasteiger partial charge in [-0.15, -0.1) is 0 Å². The Morgan fingerprint density at radius 1 is 0.952 bits per heavy atom. The number of likely N-dealkylation sites (tertiary alicyclic amines) is 1. The fourth-order valence-electron chi connectivity index (χ4n) is 2.74. The Labute approximate surface area is 134 Å². The number of thioether (sulfide) groups is 1. The highest BCUT2D eigenvalue weighted by atomic mass is 32.2. The molecule has 0 aromatic heterocycles. The summed E-state index contributed by atoms with van der Waals surface area (Å²) in [4.78, 5) is 24.4. The summed E-state index contributed by atoms with van der Waals surface area (Å²) in [5.74, 6) is 1.27. The monoisotopic (exact) mass is 313 g/mol. The Balaban J connectivity index is 2.05. The Morgan fingerprint density at radius 3 is 2.29 bits per heavy atom. The van der Waals surface area contributed by atoms with Crippen LogP contribution in [0.1, 0.15) is 78.1 Å². The minimum atomic E-state index is 0.0250. The maximum atomic E-state index is 11.5. The first-order chi connectivity index (χ1) is 10.2. The van der Waals surface area contributed by atoms with Crippen molar-refractivity contribution >= 4 is 23.6 Å². The van der Waals surface area contributed by atoms with E-state index in [1.165, 1.54) is 49.2 Å². The number of nitrogens with zero attached hydrogens (tertiary/aromatic N) is 1. The van der Waals surface area contributed by atoms with Crippen molar-refractivity contribution in [3.05, 3.63) is 0 Å². The van der Waals surface area contributed by atoms with Gasteiger partial charge in [0.05, 0.1) is 0 Å². The Bertz CT molecular complexity index is 304. The molecule has 1 aliphatic rings. The van der Waals surface area contributed by atoms with Crippen LogP contribution in [0.2, 0.25) is 0 Å². The lowest BCUT2D eigenvalue weighted by Gasteiger charge is -2.16. The van der Waals surface area contributed by atoms with Crippen molar-refractivity contribution in [3.63, 3.8) is 0 Å².